The highest BCUT2D eigenvalue weighted by molar-refractivity contribution is 6.00. The summed E-state index contributed by atoms with van der Waals surface area (Å²) >= 11 is 0. The van der Waals surface area contributed by atoms with Gasteiger partial charge in [-0.1, -0.05) is 71.7 Å². The van der Waals surface area contributed by atoms with Crippen molar-refractivity contribution in [3.63, 3.8) is 0 Å². The van der Waals surface area contributed by atoms with Crippen molar-refractivity contribution >= 4 is 5.71 Å². The van der Waals surface area contributed by atoms with Gasteiger partial charge in [0.1, 0.15) is 6.61 Å². The summed E-state index contributed by atoms with van der Waals surface area (Å²) in [7, 11) is 0. The van der Waals surface area contributed by atoms with Crippen molar-refractivity contribution in [3.05, 3.63) is 71.3 Å². The zero-order valence-corrected chi connectivity index (χ0v) is 18.0. The van der Waals surface area contributed by atoms with Crippen LogP contribution in [0.2, 0.25) is 0 Å². The second-order valence-electron chi connectivity index (χ2n) is 8.19. The maximum Gasteiger partial charge on any atom is 0.118 e. The lowest BCUT2D eigenvalue weighted by Crippen LogP contribution is -2.31. The number of oxime groups is 1. The number of aryl methyl sites for hydroxylation is 2. The molecule has 0 aromatic heterocycles. The SMILES string of the molecule is Cc1ccc(/C(CCCCc2ccccc2)=N/OCCCN2CCCCC2)cc1. The van der Waals surface area contributed by atoms with E-state index in [0.717, 1.165) is 37.9 Å². The summed E-state index contributed by atoms with van der Waals surface area (Å²) < 4.78 is 0. The van der Waals surface area contributed by atoms with Crippen LogP contribution in [0.5, 0.6) is 0 Å². The van der Waals surface area contributed by atoms with Gasteiger partial charge in [0.25, 0.3) is 0 Å². The Morgan fingerprint density at radius 1 is 0.897 bits per heavy atom. The fourth-order valence-electron chi connectivity index (χ4n) is 3.91. The number of nitrogens with zero attached hydrogens (tertiary/aromatic N) is 2. The van der Waals surface area contributed by atoms with E-state index in [0.29, 0.717) is 6.61 Å². The van der Waals surface area contributed by atoms with Gasteiger partial charge in [0, 0.05) is 6.54 Å². The van der Waals surface area contributed by atoms with Crippen LogP contribution in [0.3, 0.4) is 0 Å². The lowest BCUT2D eigenvalue weighted by Gasteiger charge is -2.25. The molecule has 3 rings (SSSR count). The van der Waals surface area contributed by atoms with Crippen LogP contribution in [0.25, 0.3) is 0 Å². The van der Waals surface area contributed by atoms with Crippen LogP contribution >= 0.6 is 0 Å². The number of unbranched alkanes of at least 4 members (excludes halogenated alkanes) is 1. The van der Waals surface area contributed by atoms with Gasteiger partial charge in [-0.2, -0.15) is 0 Å². The average Bonchev–Trinajstić information content (AvgIpc) is 2.77. The van der Waals surface area contributed by atoms with Crippen molar-refractivity contribution in [1.29, 1.82) is 0 Å². The summed E-state index contributed by atoms with van der Waals surface area (Å²) in [6.45, 7) is 6.46. The summed E-state index contributed by atoms with van der Waals surface area (Å²) in [4.78, 5) is 8.30. The zero-order valence-electron chi connectivity index (χ0n) is 18.0. The summed E-state index contributed by atoms with van der Waals surface area (Å²) in [6.07, 6.45) is 9.52. The Morgan fingerprint density at radius 3 is 2.41 bits per heavy atom. The molecule has 2 aromatic carbocycles. The van der Waals surface area contributed by atoms with Gasteiger partial charge < -0.3 is 9.74 Å². The Bertz CT molecular complexity index is 718. The Morgan fingerprint density at radius 2 is 1.66 bits per heavy atom. The molecule has 3 heteroatoms. The highest BCUT2D eigenvalue weighted by Gasteiger charge is 2.09. The molecule has 29 heavy (non-hydrogen) atoms. The molecule has 0 unspecified atom stereocenters. The molecule has 0 bridgehead atoms. The van der Waals surface area contributed by atoms with E-state index in [1.165, 1.54) is 55.5 Å². The number of hydrogen-bond donors (Lipinski definition) is 0. The highest BCUT2D eigenvalue weighted by atomic mass is 16.6. The second kappa shape index (κ2) is 12.4. The van der Waals surface area contributed by atoms with Gasteiger partial charge in [0.2, 0.25) is 0 Å². The monoisotopic (exact) mass is 392 g/mol. The predicted molar refractivity (Wildman–Crippen MR) is 123 cm³/mol. The molecule has 0 radical (unpaired) electrons. The first kappa shape index (κ1) is 21.6. The lowest BCUT2D eigenvalue weighted by atomic mass is 10.0. The van der Waals surface area contributed by atoms with E-state index in [-0.39, 0.29) is 0 Å². The van der Waals surface area contributed by atoms with Gasteiger partial charge in [-0.3, -0.25) is 0 Å². The van der Waals surface area contributed by atoms with Crippen molar-refractivity contribution in [2.45, 2.75) is 58.3 Å². The molecule has 0 atom stereocenters. The molecule has 0 saturated carbocycles. The first-order valence-corrected chi connectivity index (χ1v) is 11.3. The Hall–Kier alpha value is -2.13. The van der Waals surface area contributed by atoms with E-state index in [2.05, 4.69) is 71.6 Å². The number of hydrogen-bond acceptors (Lipinski definition) is 3. The molecule has 1 heterocycles. The predicted octanol–water partition coefficient (Wildman–Crippen LogP) is 6.00. The maximum atomic E-state index is 5.75. The van der Waals surface area contributed by atoms with Crippen molar-refractivity contribution < 1.29 is 4.84 Å². The molecule has 1 fully saturated rings. The van der Waals surface area contributed by atoms with Crippen LogP contribution < -0.4 is 0 Å². The minimum atomic E-state index is 0.704. The van der Waals surface area contributed by atoms with Gasteiger partial charge in [0.05, 0.1) is 5.71 Å². The topological polar surface area (TPSA) is 24.8 Å². The number of rotatable bonds is 11. The van der Waals surface area contributed by atoms with Crippen LogP contribution in [-0.4, -0.2) is 36.9 Å². The van der Waals surface area contributed by atoms with Crippen molar-refractivity contribution in [2.75, 3.05) is 26.2 Å². The van der Waals surface area contributed by atoms with Gasteiger partial charge in [0.15, 0.2) is 0 Å². The van der Waals surface area contributed by atoms with E-state index in [9.17, 15) is 0 Å². The quantitative estimate of drug-likeness (QED) is 0.266. The molecule has 0 spiro atoms. The smallest absolute Gasteiger partial charge is 0.118 e. The first-order valence-electron chi connectivity index (χ1n) is 11.3. The van der Waals surface area contributed by atoms with E-state index < -0.39 is 0 Å². The number of piperidine rings is 1. The molecule has 0 aliphatic carbocycles. The number of benzene rings is 2. The van der Waals surface area contributed by atoms with Gasteiger partial charge >= 0.3 is 0 Å². The Kier molecular flexibility index (Phi) is 9.25. The van der Waals surface area contributed by atoms with E-state index in [1.807, 2.05) is 0 Å². The average molecular weight is 393 g/mol. The van der Waals surface area contributed by atoms with Crippen LogP contribution in [0.4, 0.5) is 0 Å². The minimum Gasteiger partial charge on any atom is -0.396 e. The largest absolute Gasteiger partial charge is 0.396 e. The first-order chi connectivity index (χ1) is 14.3. The van der Waals surface area contributed by atoms with Crippen molar-refractivity contribution in [2.24, 2.45) is 5.16 Å². The second-order valence-corrected chi connectivity index (χ2v) is 8.19. The molecule has 2 aromatic rings. The van der Waals surface area contributed by atoms with E-state index in [4.69, 9.17) is 4.84 Å². The molecular formula is C26H36N2O. The molecule has 1 saturated heterocycles. The fraction of sp³-hybridized carbons (Fsp3) is 0.500. The van der Waals surface area contributed by atoms with Crippen molar-refractivity contribution in [1.82, 2.24) is 4.90 Å². The van der Waals surface area contributed by atoms with Gasteiger partial charge in [-0.15, -0.1) is 0 Å². The molecule has 1 aliphatic rings. The van der Waals surface area contributed by atoms with Crippen LogP contribution in [0.1, 0.15) is 61.6 Å². The number of likely N-dealkylation sites (tertiary alicyclic amines) is 1. The van der Waals surface area contributed by atoms with E-state index >= 15 is 0 Å². The lowest BCUT2D eigenvalue weighted by molar-refractivity contribution is 0.124. The van der Waals surface area contributed by atoms with Crippen LogP contribution in [0.15, 0.2) is 59.8 Å². The summed E-state index contributed by atoms with van der Waals surface area (Å²) in [6, 6.07) is 19.4. The standard InChI is InChI=1S/C26H36N2O/c1-23-15-17-25(18-16-23)26(14-7-6-13-24-11-4-2-5-12-24)27-29-22-10-21-28-19-8-3-9-20-28/h2,4-5,11-12,15-18H,3,6-10,13-14,19-22H2,1H3/b27-26+. The van der Waals surface area contributed by atoms with Gasteiger partial charge in [-0.05, 0) is 76.1 Å². The Labute approximate surface area is 176 Å². The molecule has 156 valence electrons. The normalized spacial score (nSPS) is 15.4. The van der Waals surface area contributed by atoms with Crippen LogP contribution in [-0.2, 0) is 11.3 Å². The molecular weight excluding hydrogens is 356 g/mol. The van der Waals surface area contributed by atoms with E-state index in [1.54, 1.807) is 0 Å². The van der Waals surface area contributed by atoms with Gasteiger partial charge in [-0.25, -0.2) is 0 Å². The highest BCUT2D eigenvalue weighted by Crippen LogP contribution is 2.13. The molecule has 0 amide bonds. The molecule has 0 N–H and O–H groups in total. The molecule has 1 aliphatic heterocycles. The third kappa shape index (κ3) is 8.02. The summed E-state index contributed by atoms with van der Waals surface area (Å²) in [5.74, 6) is 0. The third-order valence-corrected chi connectivity index (χ3v) is 5.69. The summed E-state index contributed by atoms with van der Waals surface area (Å²) in [5.41, 5.74) is 4.96. The Balaban J connectivity index is 1.46. The van der Waals surface area contributed by atoms with Crippen LogP contribution in [0, 0.1) is 6.92 Å². The maximum absolute atomic E-state index is 5.75. The van der Waals surface area contributed by atoms with Crippen molar-refractivity contribution in [3.8, 4) is 0 Å². The fourth-order valence-corrected chi connectivity index (χ4v) is 3.91. The third-order valence-electron chi connectivity index (χ3n) is 5.69. The zero-order chi connectivity index (χ0) is 20.2. The minimum absolute atomic E-state index is 0.704. The summed E-state index contributed by atoms with van der Waals surface area (Å²) in [5, 5.41) is 4.55. The molecule has 3 nitrogen and oxygen atoms in total.